The van der Waals surface area contributed by atoms with E-state index in [9.17, 15) is 4.79 Å². The molecular weight excluding hydrogens is 238 g/mol. The smallest absolute Gasteiger partial charge is 0.326 e. The van der Waals surface area contributed by atoms with Gasteiger partial charge in [0.25, 0.3) is 0 Å². The van der Waals surface area contributed by atoms with E-state index >= 15 is 0 Å². The molecule has 0 fully saturated rings. The second-order valence-corrected chi connectivity index (χ2v) is 5.39. The van der Waals surface area contributed by atoms with E-state index in [1.807, 2.05) is 0 Å². The van der Waals surface area contributed by atoms with Crippen LogP contribution in [0.4, 0.5) is 0 Å². The summed E-state index contributed by atoms with van der Waals surface area (Å²) in [5.74, 6) is -0.375. The van der Waals surface area contributed by atoms with Gasteiger partial charge in [-0.25, -0.2) is 0 Å². The summed E-state index contributed by atoms with van der Waals surface area (Å²) in [7, 11) is 0. The van der Waals surface area contributed by atoms with Crippen molar-refractivity contribution in [1.29, 1.82) is 5.26 Å². The van der Waals surface area contributed by atoms with E-state index in [-0.39, 0.29) is 5.97 Å². The minimum atomic E-state index is -0.960. The number of esters is 1. The molecule has 0 aromatic heterocycles. The first-order valence-corrected chi connectivity index (χ1v) is 7.69. The highest BCUT2D eigenvalue weighted by molar-refractivity contribution is 5.79. The summed E-state index contributed by atoms with van der Waals surface area (Å²) < 4.78 is 4.96. The summed E-state index contributed by atoms with van der Waals surface area (Å²) in [5, 5.41) is 9.13. The third-order valence-corrected chi connectivity index (χ3v) is 3.50. The Kier molecular flexibility index (Phi) is 10.2. The molecule has 0 bridgehead atoms. The average molecular weight is 267 g/mol. The van der Waals surface area contributed by atoms with Crippen LogP contribution in [-0.2, 0) is 9.53 Å². The molecule has 0 aliphatic carbocycles. The molecule has 3 nitrogen and oxygen atoms in total. The Morgan fingerprint density at radius 3 is 2.05 bits per heavy atom. The molecule has 3 heteroatoms. The van der Waals surface area contributed by atoms with Gasteiger partial charge in [0.15, 0.2) is 5.41 Å². The number of ether oxygens (including phenoxy) is 1. The molecule has 0 saturated heterocycles. The summed E-state index contributed by atoms with van der Waals surface area (Å²) in [5.41, 5.74) is -0.960. The molecule has 0 N–H and O–H groups in total. The van der Waals surface area contributed by atoms with Gasteiger partial charge in [0, 0.05) is 0 Å². The first-order valence-electron chi connectivity index (χ1n) is 7.69. The minimum Gasteiger partial charge on any atom is -0.465 e. The Morgan fingerprint density at radius 1 is 1.05 bits per heavy atom. The van der Waals surface area contributed by atoms with Crippen molar-refractivity contribution < 1.29 is 9.53 Å². The second kappa shape index (κ2) is 10.8. The Labute approximate surface area is 118 Å². The molecule has 0 aliphatic heterocycles. The van der Waals surface area contributed by atoms with Crippen molar-refractivity contribution in [1.82, 2.24) is 0 Å². The van der Waals surface area contributed by atoms with Crippen molar-refractivity contribution in [2.45, 2.75) is 78.6 Å². The van der Waals surface area contributed by atoms with E-state index in [0.717, 1.165) is 12.8 Å². The fourth-order valence-electron chi connectivity index (χ4n) is 2.11. The number of carbonyl (C=O) groups excluding carboxylic acids is 1. The van der Waals surface area contributed by atoms with Crippen molar-refractivity contribution in [3.63, 3.8) is 0 Å². The SMILES string of the molecule is CCCCCCCCCCC(C)(C#N)C(=O)OCC. The summed E-state index contributed by atoms with van der Waals surface area (Å²) >= 11 is 0. The van der Waals surface area contributed by atoms with Gasteiger partial charge < -0.3 is 4.74 Å². The van der Waals surface area contributed by atoms with Gasteiger partial charge >= 0.3 is 5.97 Å². The normalized spacial score (nSPS) is 13.6. The third kappa shape index (κ3) is 7.87. The molecule has 0 radical (unpaired) electrons. The predicted molar refractivity (Wildman–Crippen MR) is 77.6 cm³/mol. The van der Waals surface area contributed by atoms with Crippen LogP contribution in [0.25, 0.3) is 0 Å². The van der Waals surface area contributed by atoms with Gasteiger partial charge in [-0.3, -0.25) is 4.79 Å². The van der Waals surface area contributed by atoms with Crippen LogP contribution in [-0.4, -0.2) is 12.6 Å². The highest BCUT2D eigenvalue weighted by Crippen LogP contribution is 2.25. The van der Waals surface area contributed by atoms with Gasteiger partial charge in [0.1, 0.15) is 0 Å². The van der Waals surface area contributed by atoms with Crippen LogP contribution in [0.15, 0.2) is 0 Å². The highest BCUT2D eigenvalue weighted by Gasteiger charge is 2.34. The van der Waals surface area contributed by atoms with Crippen LogP contribution < -0.4 is 0 Å². The minimum absolute atomic E-state index is 0.341. The second-order valence-electron chi connectivity index (χ2n) is 5.39. The standard InChI is InChI=1S/C16H29NO2/c1-4-6-7-8-9-10-11-12-13-16(3,14-17)15(18)19-5-2/h4-13H2,1-3H3. The number of carbonyl (C=O) groups is 1. The Balaban J connectivity index is 3.73. The maximum absolute atomic E-state index is 11.7. The fraction of sp³-hybridized carbons (Fsp3) is 0.875. The summed E-state index contributed by atoms with van der Waals surface area (Å²) in [6, 6.07) is 2.11. The number of nitriles is 1. The van der Waals surface area contributed by atoms with Crippen LogP contribution in [0.5, 0.6) is 0 Å². The topological polar surface area (TPSA) is 50.1 Å². The van der Waals surface area contributed by atoms with E-state index in [4.69, 9.17) is 10.00 Å². The van der Waals surface area contributed by atoms with Gasteiger partial charge in [-0.2, -0.15) is 5.26 Å². The summed E-state index contributed by atoms with van der Waals surface area (Å²) in [4.78, 5) is 11.7. The number of rotatable bonds is 11. The molecule has 0 aromatic rings. The molecule has 1 atom stereocenters. The predicted octanol–water partition coefficient (Wildman–Crippen LogP) is 4.61. The first-order chi connectivity index (χ1) is 9.10. The molecular formula is C16H29NO2. The monoisotopic (exact) mass is 267 g/mol. The number of unbranched alkanes of at least 4 members (excludes halogenated alkanes) is 7. The number of nitrogens with zero attached hydrogens (tertiary/aromatic N) is 1. The Bertz CT molecular complexity index is 283. The third-order valence-electron chi connectivity index (χ3n) is 3.50. The molecule has 0 spiro atoms. The zero-order valence-electron chi connectivity index (χ0n) is 12.8. The Hall–Kier alpha value is -1.04. The molecule has 110 valence electrons. The maximum atomic E-state index is 11.7. The van der Waals surface area contributed by atoms with E-state index in [1.165, 1.54) is 38.5 Å². The van der Waals surface area contributed by atoms with Crippen molar-refractivity contribution in [3.05, 3.63) is 0 Å². The van der Waals surface area contributed by atoms with Crippen LogP contribution in [0.3, 0.4) is 0 Å². The van der Waals surface area contributed by atoms with Crippen molar-refractivity contribution in [2.24, 2.45) is 5.41 Å². The van der Waals surface area contributed by atoms with Crippen molar-refractivity contribution in [2.75, 3.05) is 6.61 Å². The molecule has 1 unspecified atom stereocenters. The summed E-state index contributed by atoms with van der Waals surface area (Å²) in [6.45, 7) is 6.02. The quantitative estimate of drug-likeness (QED) is 0.406. The molecule has 0 aromatic carbocycles. The number of hydrogen-bond donors (Lipinski definition) is 0. The Morgan fingerprint density at radius 2 is 1.58 bits per heavy atom. The van der Waals surface area contributed by atoms with Crippen LogP contribution >= 0.6 is 0 Å². The van der Waals surface area contributed by atoms with E-state index in [2.05, 4.69) is 13.0 Å². The lowest BCUT2D eigenvalue weighted by Crippen LogP contribution is -2.28. The van der Waals surface area contributed by atoms with Gasteiger partial charge in [-0.15, -0.1) is 0 Å². The van der Waals surface area contributed by atoms with Gasteiger partial charge in [-0.05, 0) is 20.3 Å². The van der Waals surface area contributed by atoms with Crippen LogP contribution in [0.1, 0.15) is 78.6 Å². The fourth-order valence-corrected chi connectivity index (χ4v) is 2.11. The summed E-state index contributed by atoms with van der Waals surface area (Å²) in [6.07, 6.45) is 10.3. The maximum Gasteiger partial charge on any atom is 0.326 e. The van der Waals surface area contributed by atoms with E-state index in [0.29, 0.717) is 13.0 Å². The largest absolute Gasteiger partial charge is 0.465 e. The van der Waals surface area contributed by atoms with Gasteiger partial charge in [-0.1, -0.05) is 58.3 Å². The number of hydrogen-bond acceptors (Lipinski definition) is 3. The van der Waals surface area contributed by atoms with E-state index < -0.39 is 5.41 Å². The lowest BCUT2D eigenvalue weighted by atomic mass is 9.86. The molecule has 0 rings (SSSR count). The molecule has 19 heavy (non-hydrogen) atoms. The lowest BCUT2D eigenvalue weighted by molar-refractivity contribution is -0.151. The van der Waals surface area contributed by atoms with Crippen LogP contribution in [0.2, 0.25) is 0 Å². The van der Waals surface area contributed by atoms with Gasteiger partial charge in [0.05, 0.1) is 12.7 Å². The van der Waals surface area contributed by atoms with E-state index in [1.54, 1.807) is 13.8 Å². The zero-order chi connectivity index (χ0) is 14.6. The lowest BCUT2D eigenvalue weighted by Gasteiger charge is -2.18. The van der Waals surface area contributed by atoms with Crippen molar-refractivity contribution in [3.8, 4) is 6.07 Å². The average Bonchev–Trinajstić information content (AvgIpc) is 2.41. The van der Waals surface area contributed by atoms with Crippen LogP contribution in [0, 0.1) is 16.7 Å². The molecule has 0 saturated carbocycles. The highest BCUT2D eigenvalue weighted by atomic mass is 16.5. The van der Waals surface area contributed by atoms with Crippen molar-refractivity contribution >= 4 is 5.97 Å². The van der Waals surface area contributed by atoms with Gasteiger partial charge in [0.2, 0.25) is 0 Å². The first kappa shape index (κ1) is 18.0. The molecule has 0 heterocycles. The zero-order valence-corrected chi connectivity index (χ0v) is 12.8. The molecule has 0 amide bonds. The molecule has 0 aliphatic rings.